The number of rotatable bonds is 0. The Morgan fingerprint density at radius 3 is 1.40 bits per heavy atom. The molecule has 0 atom stereocenters. The largest absolute Gasteiger partial charge is 1.00 e. The Kier molecular flexibility index (Phi) is 3.84. The Morgan fingerprint density at radius 2 is 1.40 bits per heavy atom. The summed E-state index contributed by atoms with van der Waals surface area (Å²) in [6.45, 7) is 0. The smallest absolute Gasteiger partial charge is 0.329 e. The Hall–Kier alpha value is 1.00. The Bertz CT molecular complexity index is 11.6. The molecule has 0 saturated heterocycles. The van der Waals surface area contributed by atoms with Gasteiger partial charge in [0.15, 0.2) is 0 Å². The van der Waals surface area contributed by atoms with E-state index in [2.05, 4.69) is 6.42 Å². The fourth-order valence-electron chi connectivity index (χ4n) is 0.204. The van der Waals surface area contributed by atoms with Gasteiger partial charge in [0.25, 0.3) is 0 Å². The molecule has 0 unspecified atom stereocenters. The van der Waals surface area contributed by atoms with E-state index in [4.69, 9.17) is 0 Å². The van der Waals surface area contributed by atoms with E-state index in [1.807, 2.05) is 0 Å². The van der Waals surface area contributed by atoms with E-state index >= 15 is 0 Å². The van der Waals surface area contributed by atoms with Crippen LogP contribution in [0.1, 0.15) is 19.3 Å². The van der Waals surface area contributed by atoms with Crippen LogP contribution in [0.15, 0.2) is 0 Å². The molecule has 5 heavy (non-hydrogen) atoms. The first-order valence-corrected chi connectivity index (χ1v) is 1.82. The van der Waals surface area contributed by atoms with Crippen molar-refractivity contribution in [3.63, 3.8) is 0 Å². The zero-order chi connectivity index (χ0) is 2.83. The van der Waals surface area contributed by atoms with Gasteiger partial charge in [-0.2, -0.15) is 12.8 Å². The molecular weight excluding hydrogens is 71.0 g/mol. The van der Waals surface area contributed by atoms with Crippen molar-refractivity contribution in [2.24, 2.45) is 0 Å². The third-order valence-corrected chi connectivity index (χ3v) is 0.816. The molecule has 0 amide bonds. The van der Waals surface area contributed by atoms with E-state index in [0.29, 0.717) is 0 Å². The van der Waals surface area contributed by atoms with Crippen molar-refractivity contribution in [3.05, 3.63) is 6.42 Å². The van der Waals surface area contributed by atoms with Gasteiger partial charge in [0.2, 0.25) is 0 Å². The normalized spacial score (nSPS) is 19.2. The van der Waals surface area contributed by atoms with E-state index in [9.17, 15) is 0 Å². The first-order chi connectivity index (χ1) is 2.00. The molecule has 0 aliphatic heterocycles. The zero-order valence-electron chi connectivity index (χ0n) is 3.70. The molecule has 24 valence electrons. The summed E-state index contributed by atoms with van der Waals surface area (Å²) < 4.78 is 0. The maximum absolute atomic E-state index is 2.31. The molecule has 1 rings (SSSR count). The molecule has 1 saturated carbocycles. The van der Waals surface area contributed by atoms with Crippen molar-refractivity contribution in [1.82, 2.24) is 0 Å². The molecule has 0 N–H and O–H groups in total. The fourth-order valence-corrected chi connectivity index (χ4v) is 0.204. The van der Waals surface area contributed by atoms with E-state index in [-0.39, 0.29) is 29.6 Å². The van der Waals surface area contributed by atoms with E-state index in [0.717, 1.165) is 0 Å². The molecule has 0 heterocycles. The van der Waals surface area contributed by atoms with Crippen molar-refractivity contribution < 1.29 is 29.6 Å². The van der Waals surface area contributed by atoms with Crippen LogP contribution in [-0.4, -0.2) is 0 Å². The summed E-state index contributed by atoms with van der Waals surface area (Å²) in [5.41, 5.74) is 0. The van der Waals surface area contributed by atoms with Gasteiger partial charge in [-0.25, -0.2) is 0 Å². The van der Waals surface area contributed by atoms with Crippen LogP contribution in [0.4, 0.5) is 0 Å². The van der Waals surface area contributed by atoms with Gasteiger partial charge in [-0.05, 0) is 0 Å². The fraction of sp³-hybridized carbons (Fsp3) is 0.750. The minimum Gasteiger partial charge on any atom is -0.329 e. The summed E-state index contributed by atoms with van der Waals surface area (Å²) in [6.07, 6.45) is 6.50. The second-order valence-corrected chi connectivity index (χ2v) is 1.22. The third kappa shape index (κ3) is 1.80. The standard InChI is InChI=1S/C4H7.Na/c1-2-4-3-1;/h1H,2-4H2;/q-1;+1. The predicted molar refractivity (Wildman–Crippen MR) is 18.2 cm³/mol. The molecule has 0 aromatic heterocycles. The van der Waals surface area contributed by atoms with E-state index in [1.54, 1.807) is 0 Å². The molecular formula is C4H7Na. The molecule has 0 radical (unpaired) electrons. The summed E-state index contributed by atoms with van der Waals surface area (Å²) >= 11 is 0. The quantitative estimate of drug-likeness (QED) is 0.241. The third-order valence-electron chi connectivity index (χ3n) is 0.816. The molecule has 1 aliphatic carbocycles. The molecule has 0 spiro atoms. The van der Waals surface area contributed by atoms with Crippen LogP contribution >= 0.6 is 0 Å². The zero-order valence-corrected chi connectivity index (χ0v) is 5.70. The second kappa shape index (κ2) is 3.20. The van der Waals surface area contributed by atoms with Gasteiger partial charge in [-0.15, -0.1) is 6.42 Å². The first kappa shape index (κ1) is 6.00. The molecule has 0 bridgehead atoms. The summed E-state index contributed by atoms with van der Waals surface area (Å²) in [5, 5.41) is 0. The number of hydrogen-bond donors (Lipinski definition) is 0. The minimum atomic E-state index is 0. The van der Waals surface area contributed by atoms with Crippen LogP contribution in [0, 0.1) is 6.42 Å². The molecule has 1 heteroatoms. The molecule has 0 aromatic carbocycles. The summed E-state index contributed by atoms with van der Waals surface area (Å²) in [7, 11) is 0. The molecule has 1 fully saturated rings. The van der Waals surface area contributed by atoms with Gasteiger partial charge in [0.1, 0.15) is 0 Å². The second-order valence-electron chi connectivity index (χ2n) is 1.22. The number of hydrogen-bond acceptors (Lipinski definition) is 0. The summed E-state index contributed by atoms with van der Waals surface area (Å²) in [6, 6.07) is 0. The maximum Gasteiger partial charge on any atom is 1.00 e. The minimum absolute atomic E-state index is 0. The van der Waals surface area contributed by atoms with Crippen molar-refractivity contribution >= 4 is 0 Å². The molecule has 1 aliphatic rings. The van der Waals surface area contributed by atoms with Crippen LogP contribution in [0.3, 0.4) is 0 Å². The van der Waals surface area contributed by atoms with Crippen molar-refractivity contribution in [3.8, 4) is 0 Å². The average Bonchev–Trinajstić information content (AvgIpc) is 0.722. The van der Waals surface area contributed by atoms with Gasteiger partial charge < -0.3 is 6.42 Å². The van der Waals surface area contributed by atoms with Crippen LogP contribution in [0.2, 0.25) is 0 Å². The van der Waals surface area contributed by atoms with Crippen molar-refractivity contribution in [1.29, 1.82) is 0 Å². The van der Waals surface area contributed by atoms with Gasteiger partial charge in [-0.3, -0.25) is 0 Å². The van der Waals surface area contributed by atoms with Crippen LogP contribution in [0.5, 0.6) is 0 Å². The van der Waals surface area contributed by atoms with Gasteiger partial charge >= 0.3 is 29.6 Å². The van der Waals surface area contributed by atoms with Crippen molar-refractivity contribution in [2.45, 2.75) is 19.3 Å². The van der Waals surface area contributed by atoms with Crippen molar-refractivity contribution in [2.75, 3.05) is 0 Å². The maximum atomic E-state index is 2.31. The van der Waals surface area contributed by atoms with E-state index < -0.39 is 0 Å². The SMILES string of the molecule is [CH-]1CCC1.[Na+]. The topological polar surface area (TPSA) is 0 Å². The molecule has 0 nitrogen and oxygen atoms in total. The van der Waals surface area contributed by atoms with Crippen LogP contribution < -0.4 is 29.6 Å². The van der Waals surface area contributed by atoms with Crippen LogP contribution in [0.25, 0.3) is 0 Å². The Balaban J connectivity index is 0.000000160. The van der Waals surface area contributed by atoms with Crippen LogP contribution in [-0.2, 0) is 0 Å². The first-order valence-electron chi connectivity index (χ1n) is 1.82. The monoisotopic (exact) mass is 78.0 g/mol. The van der Waals surface area contributed by atoms with Gasteiger partial charge in [0.05, 0.1) is 0 Å². The van der Waals surface area contributed by atoms with Gasteiger partial charge in [0, 0.05) is 0 Å². The predicted octanol–water partition coefficient (Wildman–Crippen LogP) is -1.62. The Labute approximate surface area is 55.2 Å². The average molecular weight is 78.1 g/mol. The Morgan fingerprint density at radius 1 is 1.20 bits per heavy atom. The summed E-state index contributed by atoms with van der Waals surface area (Å²) in [5.74, 6) is 0. The van der Waals surface area contributed by atoms with Gasteiger partial charge in [-0.1, -0.05) is 0 Å². The summed E-state index contributed by atoms with van der Waals surface area (Å²) in [4.78, 5) is 0. The molecule has 0 aromatic rings. The van der Waals surface area contributed by atoms with E-state index in [1.165, 1.54) is 19.3 Å².